The Hall–Kier alpha value is -4.95. The molecule has 3 amide bonds. The van der Waals surface area contributed by atoms with Crippen LogP contribution in [0.5, 0.6) is 5.75 Å². The standard InChI is InChI=1S/C32H24ClN3O5/c33-25-11-5-4-8-22(25)19-35(30(38)20-40-24-9-2-1-3-10-24)27-18-29(37)36(32(27)39)23-16-14-21(15-17-23)31-34-26-12-6-7-13-28(26)41-31/h1-17,27H,18-20H2. The van der Waals surface area contributed by atoms with Crippen LogP contribution in [0.1, 0.15) is 12.0 Å². The fourth-order valence-corrected chi connectivity index (χ4v) is 5.00. The van der Waals surface area contributed by atoms with Gasteiger partial charge in [0.1, 0.15) is 17.3 Å². The summed E-state index contributed by atoms with van der Waals surface area (Å²) in [5, 5.41) is 0.456. The topological polar surface area (TPSA) is 93.0 Å². The normalized spacial score (nSPS) is 15.0. The van der Waals surface area contributed by atoms with Crippen molar-refractivity contribution in [1.82, 2.24) is 9.88 Å². The van der Waals surface area contributed by atoms with Crippen LogP contribution in [0.3, 0.4) is 0 Å². The number of aromatic nitrogens is 1. The van der Waals surface area contributed by atoms with E-state index in [2.05, 4.69) is 4.98 Å². The monoisotopic (exact) mass is 565 g/mol. The number of oxazole rings is 1. The van der Waals surface area contributed by atoms with Crippen molar-refractivity contribution in [2.24, 2.45) is 0 Å². The fourth-order valence-electron chi connectivity index (χ4n) is 4.81. The van der Waals surface area contributed by atoms with Crippen LogP contribution < -0.4 is 9.64 Å². The van der Waals surface area contributed by atoms with Gasteiger partial charge in [0.15, 0.2) is 12.2 Å². The molecule has 1 fully saturated rings. The summed E-state index contributed by atoms with van der Waals surface area (Å²) in [6.07, 6.45) is -0.159. The molecule has 41 heavy (non-hydrogen) atoms. The van der Waals surface area contributed by atoms with Gasteiger partial charge >= 0.3 is 0 Å². The van der Waals surface area contributed by atoms with Crippen LogP contribution in [0.25, 0.3) is 22.6 Å². The van der Waals surface area contributed by atoms with Crippen LogP contribution in [-0.2, 0) is 20.9 Å². The van der Waals surface area contributed by atoms with Crippen molar-refractivity contribution in [1.29, 1.82) is 0 Å². The van der Waals surface area contributed by atoms with E-state index in [4.69, 9.17) is 20.8 Å². The Kier molecular flexibility index (Phi) is 7.22. The summed E-state index contributed by atoms with van der Waals surface area (Å²) in [4.78, 5) is 47.3. The number of anilines is 1. The molecular weight excluding hydrogens is 542 g/mol. The number of carbonyl (C=O) groups is 3. The molecule has 9 heteroatoms. The van der Waals surface area contributed by atoms with Gasteiger partial charge in [-0.3, -0.25) is 14.4 Å². The van der Waals surface area contributed by atoms with E-state index in [0.717, 1.165) is 10.4 Å². The highest BCUT2D eigenvalue weighted by Gasteiger charge is 2.44. The average molecular weight is 566 g/mol. The van der Waals surface area contributed by atoms with E-state index >= 15 is 0 Å². The lowest BCUT2D eigenvalue weighted by atomic mass is 10.1. The molecule has 4 aromatic carbocycles. The van der Waals surface area contributed by atoms with E-state index in [1.807, 2.05) is 30.3 Å². The molecule has 1 aromatic heterocycles. The quantitative estimate of drug-likeness (QED) is 0.218. The first-order valence-corrected chi connectivity index (χ1v) is 13.4. The Morgan fingerprint density at radius 1 is 0.927 bits per heavy atom. The first-order chi connectivity index (χ1) is 20.0. The number of fused-ring (bicyclic) bond motifs is 1. The molecule has 0 spiro atoms. The van der Waals surface area contributed by atoms with Crippen LogP contribution >= 0.6 is 11.6 Å². The minimum Gasteiger partial charge on any atom is -0.484 e. The SMILES string of the molecule is O=C1CC(N(Cc2ccccc2Cl)C(=O)COc2ccccc2)C(=O)N1c1ccc(-c2nc3ccccc3o2)cc1. The molecular formula is C32H24ClN3O5. The minimum absolute atomic E-state index is 0.0465. The van der Waals surface area contributed by atoms with Crippen molar-refractivity contribution in [2.75, 3.05) is 11.5 Å². The average Bonchev–Trinajstić information content (AvgIpc) is 3.56. The van der Waals surface area contributed by atoms with Crippen LogP contribution in [0, 0.1) is 0 Å². The number of benzene rings is 4. The molecule has 1 unspecified atom stereocenters. The van der Waals surface area contributed by atoms with E-state index < -0.39 is 23.8 Å². The van der Waals surface area contributed by atoms with Crippen LogP contribution in [0.15, 0.2) is 108 Å². The third kappa shape index (κ3) is 5.42. The maximum absolute atomic E-state index is 13.7. The second kappa shape index (κ2) is 11.3. The summed E-state index contributed by atoms with van der Waals surface area (Å²) < 4.78 is 11.5. The molecule has 204 valence electrons. The van der Waals surface area contributed by atoms with Gasteiger partial charge in [-0.05, 0) is 60.2 Å². The summed E-state index contributed by atoms with van der Waals surface area (Å²) in [5.74, 6) is -0.383. The predicted molar refractivity (Wildman–Crippen MR) is 154 cm³/mol. The van der Waals surface area contributed by atoms with Gasteiger partial charge in [-0.1, -0.05) is 60.1 Å². The highest BCUT2D eigenvalue weighted by molar-refractivity contribution is 6.31. The largest absolute Gasteiger partial charge is 0.484 e. The zero-order valence-corrected chi connectivity index (χ0v) is 22.5. The number of carbonyl (C=O) groups excluding carboxylic acids is 3. The molecule has 1 atom stereocenters. The Balaban J connectivity index is 1.24. The minimum atomic E-state index is -1.01. The lowest BCUT2D eigenvalue weighted by molar-refractivity contribution is -0.140. The maximum atomic E-state index is 13.7. The third-order valence-corrected chi connectivity index (χ3v) is 7.26. The molecule has 6 rings (SSSR count). The highest BCUT2D eigenvalue weighted by Crippen LogP contribution is 2.31. The van der Waals surface area contributed by atoms with Crippen molar-refractivity contribution < 1.29 is 23.5 Å². The number of amides is 3. The van der Waals surface area contributed by atoms with Crippen molar-refractivity contribution in [3.63, 3.8) is 0 Å². The number of imide groups is 1. The second-order valence-corrected chi connectivity index (χ2v) is 9.94. The summed E-state index contributed by atoms with van der Waals surface area (Å²) in [5.41, 5.74) is 3.16. The zero-order chi connectivity index (χ0) is 28.3. The molecule has 0 saturated carbocycles. The number of rotatable bonds is 8. The molecule has 0 radical (unpaired) electrons. The number of ether oxygens (including phenoxy) is 1. The van der Waals surface area contributed by atoms with Gasteiger partial charge in [0.05, 0.1) is 12.1 Å². The van der Waals surface area contributed by atoms with E-state index in [9.17, 15) is 14.4 Å². The van der Waals surface area contributed by atoms with Gasteiger partial charge in [-0.25, -0.2) is 9.88 Å². The lowest BCUT2D eigenvalue weighted by Crippen LogP contribution is -2.46. The van der Waals surface area contributed by atoms with Gasteiger partial charge < -0.3 is 14.1 Å². The van der Waals surface area contributed by atoms with Gasteiger partial charge in [-0.2, -0.15) is 0 Å². The molecule has 0 bridgehead atoms. The molecule has 0 aliphatic carbocycles. The molecule has 1 saturated heterocycles. The summed E-state index contributed by atoms with van der Waals surface area (Å²) in [6.45, 7) is -0.253. The van der Waals surface area contributed by atoms with Crippen LogP contribution in [-0.4, -0.2) is 40.3 Å². The van der Waals surface area contributed by atoms with Gasteiger partial charge in [0.25, 0.3) is 11.8 Å². The van der Waals surface area contributed by atoms with Crippen LogP contribution in [0.2, 0.25) is 5.02 Å². The summed E-state index contributed by atoms with van der Waals surface area (Å²) in [6, 6.07) is 29.3. The number of nitrogens with zero attached hydrogens (tertiary/aromatic N) is 3. The first kappa shape index (κ1) is 26.3. The number of hydrogen-bond acceptors (Lipinski definition) is 6. The van der Waals surface area contributed by atoms with E-state index in [1.54, 1.807) is 72.8 Å². The van der Waals surface area contributed by atoms with E-state index in [1.165, 1.54) is 4.90 Å². The fraction of sp³-hybridized carbons (Fsp3) is 0.125. The highest BCUT2D eigenvalue weighted by atomic mass is 35.5. The molecule has 0 N–H and O–H groups in total. The summed E-state index contributed by atoms with van der Waals surface area (Å²) in [7, 11) is 0. The summed E-state index contributed by atoms with van der Waals surface area (Å²) >= 11 is 6.39. The Morgan fingerprint density at radius 2 is 1.63 bits per heavy atom. The number of halogens is 1. The molecule has 2 heterocycles. The Labute approximate surface area is 240 Å². The van der Waals surface area contributed by atoms with Gasteiger partial charge in [0.2, 0.25) is 11.8 Å². The van der Waals surface area contributed by atoms with Crippen molar-refractivity contribution >= 4 is 46.1 Å². The lowest BCUT2D eigenvalue weighted by Gasteiger charge is -2.28. The van der Waals surface area contributed by atoms with Gasteiger partial charge in [-0.15, -0.1) is 0 Å². The number of hydrogen-bond donors (Lipinski definition) is 0. The number of para-hydroxylation sites is 3. The van der Waals surface area contributed by atoms with E-state index in [0.29, 0.717) is 39.1 Å². The second-order valence-electron chi connectivity index (χ2n) is 9.54. The molecule has 1 aliphatic rings. The molecule has 5 aromatic rings. The van der Waals surface area contributed by atoms with Gasteiger partial charge in [0, 0.05) is 17.1 Å². The predicted octanol–water partition coefficient (Wildman–Crippen LogP) is 5.89. The first-order valence-electron chi connectivity index (χ1n) is 13.0. The van der Waals surface area contributed by atoms with Crippen molar-refractivity contribution in [3.05, 3.63) is 114 Å². The molecule has 1 aliphatic heterocycles. The van der Waals surface area contributed by atoms with Crippen LogP contribution in [0.4, 0.5) is 5.69 Å². The van der Waals surface area contributed by atoms with Crippen molar-refractivity contribution in [3.8, 4) is 17.2 Å². The molecule has 8 nitrogen and oxygen atoms in total. The van der Waals surface area contributed by atoms with E-state index in [-0.39, 0.29) is 19.6 Å². The zero-order valence-electron chi connectivity index (χ0n) is 21.8. The Bertz CT molecular complexity index is 1700. The Morgan fingerprint density at radius 3 is 2.39 bits per heavy atom. The smallest absolute Gasteiger partial charge is 0.261 e. The van der Waals surface area contributed by atoms with Crippen molar-refractivity contribution in [2.45, 2.75) is 19.0 Å². The maximum Gasteiger partial charge on any atom is 0.261 e. The third-order valence-electron chi connectivity index (χ3n) is 6.89.